The van der Waals surface area contributed by atoms with Crippen molar-refractivity contribution in [1.82, 2.24) is 15.0 Å². The van der Waals surface area contributed by atoms with Crippen molar-refractivity contribution in [1.29, 1.82) is 0 Å². The molecule has 1 aromatic carbocycles. The van der Waals surface area contributed by atoms with Crippen LogP contribution in [0.3, 0.4) is 0 Å². The first kappa shape index (κ1) is 13.4. The zero-order valence-electron chi connectivity index (χ0n) is 11.9. The summed E-state index contributed by atoms with van der Waals surface area (Å²) in [7, 11) is 1.94. The van der Waals surface area contributed by atoms with Crippen molar-refractivity contribution in [3.8, 4) is 0 Å². The number of hydrogen-bond acceptors (Lipinski definition) is 4. The van der Waals surface area contributed by atoms with Crippen LogP contribution in [0, 0.1) is 12.7 Å². The fraction of sp³-hybridized carbons (Fsp3) is 0.188. The van der Waals surface area contributed by atoms with E-state index in [4.69, 9.17) is 0 Å². The Bertz CT molecular complexity index is 788. The zero-order chi connectivity index (χ0) is 14.8. The Hall–Kier alpha value is -2.56. The van der Waals surface area contributed by atoms with Gasteiger partial charge < -0.3 is 4.90 Å². The molecule has 0 saturated heterocycles. The number of aromatic nitrogens is 3. The van der Waals surface area contributed by atoms with E-state index in [0.29, 0.717) is 12.4 Å². The number of halogens is 1. The first-order valence-electron chi connectivity index (χ1n) is 6.67. The van der Waals surface area contributed by atoms with Crippen molar-refractivity contribution in [3.05, 3.63) is 59.9 Å². The Morgan fingerprint density at radius 2 is 2.05 bits per heavy atom. The molecule has 0 fully saturated rings. The van der Waals surface area contributed by atoms with E-state index in [1.807, 2.05) is 31.0 Å². The van der Waals surface area contributed by atoms with Gasteiger partial charge in [0.15, 0.2) is 0 Å². The van der Waals surface area contributed by atoms with Crippen LogP contribution in [-0.2, 0) is 6.54 Å². The molecule has 0 amide bonds. The number of aryl methyl sites for hydroxylation is 1. The summed E-state index contributed by atoms with van der Waals surface area (Å²) in [5.41, 5.74) is 1.71. The van der Waals surface area contributed by atoms with Crippen molar-refractivity contribution in [2.45, 2.75) is 13.5 Å². The topological polar surface area (TPSA) is 41.9 Å². The van der Waals surface area contributed by atoms with Crippen molar-refractivity contribution >= 4 is 16.7 Å². The molecule has 0 aliphatic rings. The Labute approximate surface area is 122 Å². The van der Waals surface area contributed by atoms with E-state index in [2.05, 4.69) is 15.0 Å². The first-order valence-corrected chi connectivity index (χ1v) is 6.67. The lowest BCUT2D eigenvalue weighted by molar-refractivity contribution is 0.625. The van der Waals surface area contributed by atoms with Crippen molar-refractivity contribution in [2.24, 2.45) is 0 Å². The van der Waals surface area contributed by atoms with Gasteiger partial charge in [-0.05, 0) is 30.7 Å². The third-order valence-electron chi connectivity index (χ3n) is 3.26. The monoisotopic (exact) mass is 282 g/mol. The third-order valence-corrected chi connectivity index (χ3v) is 3.26. The van der Waals surface area contributed by atoms with Gasteiger partial charge in [-0.15, -0.1) is 0 Å². The Kier molecular flexibility index (Phi) is 3.48. The summed E-state index contributed by atoms with van der Waals surface area (Å²) in [5.74, 6) is 1.29. The Morgan fingerprint density at radius 3 is 2.86 bits per heavy atom. The fourth-order valence-corrected chi connectivity index (χ4v) is 2.35. The predicted octanol–water partition coefficient (Wildman–Crippen LogP) is 3.11. The molecular weight excluding hydrogens is 267 g/mol. The molecule has 2 heterocycles. The smallest absolute Gasteiger partial charge is 0.140 e. The molecule has 0 bridgehead atoms. The summed E-state index contributed by atoms with van der Waals surface area (Å²) in [6.07, 6.45) is 3.45. The van der Waals surface area contributed by atoms with Gasteiger partial charge in [-0.25, -0.2) is 14.4 Å². The SMILES string of the molecule is Cc1nc(N(C)Cc2cccc(F)c2)c2ccncc2n1. The number of nitrogens with zero attached hydrogens (tertiary/aromatic N) is 4. The van der Waals surface area contributed by atoms with E-state index in [-0.39, 0.29) is 5.82 Å². The standard InChI is InChI=1S/C16H15FN4/c1-11-19-15-9-18-7-6-14(15)16(20-11)21(2)10-12-4-3-5-13(17)8-12/h3-9H,10H2,1-2H3. The highest BCUT2D eigenvalue weighted by Gasteiger charge is 2.11. The number of pyridine rings is 1. The van der Waals surface area contributed by atoms with Crippen molar-refractivity contribution in [2.75, 3.05) is 11.9 Å². The van der Waals surface area contributed by atoms with E-state index < -0.39 is 0 Å². The van der Waals surface area contributed by atoms with Crippen LogP contribution in [0.15, 0.2) is 42.7 Å². The maximum Gasteiger partial charge on any atom is 0.140 e. The molecule has 3 rings (SSSR count). The number of hydrogen-bond donors (Lipinski definition) is 0. The second-order valence-electron chi connectivity index (χ2n) is 4.97. The molecule has 0 saturated carbocycles. The molecule has 0 spiro atoms. The minimum atomic E-state index is -0.228. The quantitative estimate of drug-likeness (QED) is 0.740. The van der Waals surface area contributed by atoms with Crippen LogP contribution in [0.4, 0.5) is 10.2 Å². The van der Waals surface area contributed by atoms with E-state index in [9.17, 15) is 4.39 Å². The lowest BCUT2D eigenvalue weighted by Crippen LogP contribution is -2.19. The molecule has 5 heteroatoms. The molecule has 21 heavy (non-hydrogen) atoms. The number of rotatable bonds is 3. The Morgan fingerprint density at radius 1 is 1.19 bits per heavy atom. The summed E-state index contributed by atoms with van der Waals surface area (Å²) in [6.45, 7) is 2.43. The average molecular weight is 282 g/mol. The number of anilines is 1. The summed E-state index contributed by atoms with van der Waals surface area (Å²) in [6, 6.07) is 8.49. The number of benzene rings is 1. The summed E-state index contributed by atoms with van der Waals surface area (Å²) < 4.78 is 13.3. The van der Waals surface area contributed by atoms with Gasteiger partial charge >= 0.3 is 0 Å². The molecule has 0 unspecified atom stereocenters. The molecule has 106 valence electrons. The summed E-state index contributed by atoms with van der Waals surface area (Å²) in [5, 5.41) is 0.939. The molecule has 0 N–H and O–H groups in total. The number of fused-ring (bicyclic) bond motifs is 1. The maximum absolute atomic E-state index is 13.3. The van der Waals surface area contributed by atoms with Gasteiger partial charge in [-0.1, -0.05) is 12.1 Å². The van der Waals surface area contributed by atoms with Gasteiger partial charge in [0.25, 0.3) is 0 Å². The van der Waals surface area contributed by atoms with Crippen LogP contribution in [0.5, 0.6) is 0 Å². The lowest BCUT2D eigenvalue weighted by atomic mass is 10.2. The molecule has 0 atom stereocenters. The highest BCUT2D eigenvalue weighted by atomic mass is 19.1. The van der Waals surface area contributed by atoms with E-state index in [0.717, 1.165) is 22.3 Å². The van der Waals surface area contributed by atoms with Crippen molar-refractivity contribution in [3.63, 3.8) is 0 Å². The van der Waals surface area contributed by atoms with Gasteiger partial charge in [0, 0.05) is 25.2 Å². The van der Waals surface area contributed by atoms with E-state index >= 15 is 0 Å². The van der Waals surface area contributed by atoms with E-state index in [1.165, 1.54) is 12.1 Å². The van der Waals surface area contributed by atoms with Crippen molar-refractivity contribution < 1.29 is 4.39 Å². The summed E-state index contributed by atoms with van der Waals surface area (Å²) >= 11 is 0. The lowest BCUT2D eigenvalue weighted by Gasteiger charge is -2.20. The van der Waals surface area contributed by atoms with E-state index in [1.54, 1.807) is 18.5 Å². The fourth-order valence-electron chi connectivity index (χ4n) is 2.35. The van der Waals surface area contributed by atoms with Crippen LogP contribution in [0.1, 0.15) is 11.4 Å². The van der Waals surface area contributed by atoms with Gasteiger partial charge in [-0.3, -0.25) is 4.98 Å². The molecule has 4 nitrogen and oxygen atoms in total. The molecule has 0 aliphatic heterocycles. The Balaban J connectivity index is 1.99. The van der Waals surface area contributed by atoms with Gasteiger partial charge in [-0.2, -0.15) is 0 Å². The second kappa shape index (κ2) is 5.44. The van der Waals surface area contributed by atoms with Crippen LogP contribution < -0.4 is 4.90 Å². The van der Waals surface area contributed by atoms with Gasteiger partial charge in [0.1, 0.15) is 17.5 Å². The normalized spacial score (nSPS) is 10.8. The molecule has 0 aliphatic carbocycles. The van der Waals surface area contributed by atoms with Crippen LogP contribution >= 0.6 is 0 Å². The average Bonchev–Trinajstić information content (AvgIpc) is 2.46. The predicted molar refractivity (Wildman–Crippen MR) is 80.6 cm³/mol. The third kappa shape index (κ3) is 2.81. The largest absolute Gasteiger partial charge is 0.355 e. The van der Waals surface area contributed by atoms with Crippen LogP contribution in [-0.4, -0.2) is 22.0 Å². The maximum atomic E-state index is 13.3. The highest BCUT2D eigenvalue weighted by molar-refractivity contribution is 5.88. The first-order chi connectivity index (χ1) is 10.1. The second-order valence-corrected chi connectivity index (χ2v) is 4.97. The van der Waals surface area contributed by atoms with Gasteiger partial charge in [0.2, 0.25) is 0 Å². The van der Waals surface area contributed by atoms with Gasteiger partial charge in [0.05, 0.1) is 11.7 Å². The molecule has 3 aromatic rings. The molecule has 2 aromatic heterocycles. The minimum absolute atomic E-state index is 0.228. The highest BCUT2D eigenvalue weighted by Crippen LogP contribution is 2.23. The minimum Gasteiger partial charge on any atom is -0.355 e. The van der Waals surface area contributed by atoms with Crippen LogP contribution in [0.25, 0.3) is 10.9 Å². The summed E-state index contributed by atoms with van der Waals surface area (Å²) in [4.78, 5) is 15.0. The molecular formula is C16H15FN4. The zero-order valence-corrected chi connectivity index (χ0v) is 11.9. The molecule has 0 radical (unpaired) electrons. The van der Waals surface area contributed by atoms with Crippen LogP contribution in [0.2, 0.25) is 0 Å².